The highest BCUT2D eigenvalue weighted by molar-refractivity contribution is 6.28. The van der Waals surface area contributed by atoms with Crippen LogP contribution in [0.2, 0.25) is 0 Å². The van der Waals surface area contributed by atoms with Crippen LogP contribution in [-0.4, -0.2) is 37.1 Å². The van der Waals surface area contributed by atoms with Gasteiger partial charge in [0.1, 0.15) is 5.69 Å². The summed E-state index contributed by atoms with van der Waals surface area (Å²) in [5, 5.41) is 46.8. The number of carbonyl (C=O) groups excluding carboxylic acids is 2. The lowest BCUT2D eigenvalue weighted by molar-refractivity contribution is 0.0875. The van der Waals surface area contributed by atoms with Crippen molar-refractivity contribution < 1.29 is 35.1 Å². The molecule has 1 aliphatic carbocycles. The number of rotatable bonds is 0. The van der Waals surface area contributed by atoms with Crippen LogP contribution < -0.4 is 5.73 Å². The van der Waals surface area contributed by atoms with Crippen molar-refractivity contribution in [2.24, 2.45) is 0 Å². The Bertz CT molecular complexity index is 589. The largest absolute Gasteiger partial charge is 0.505 e. The number of nitrogens with two attached hydrogens (primary N) is 1. The van der Waals surface area contributed by atoms with Gasteiger partial charge in [-0.3, -0.25) is 9.59 Å². The molecular formula is C10H7NO7. The number of fused-ring (bicyclic) bond motifs is 1. The first-order valence-electron chi connectivity index (χ1n) is 4.56. The third-order valence-corrected chi connectivity index (χ3v) is 2.57. The highest BCUT2D eigenvalue weighted by Gasteiger charge is 2.39. The molecule has 0 amide bonds. The Morgan fingerprint density at radius 2 is 1.06 bits per heavy atom. The van der Waals surface area contributed by atoms with E-state index in [1.165, 1.54) is 0 Å². The van der Waals surface area contributed by atoms with Crippen molar-refractivity contribution in [2.45, 2.75) is 0 Å². The third-order valence-electron chi connectivity index (χ3n) is 2.57. The Morgan fingerprint density at radius 1 is 0.667 bits per heavy atom. The van der Waals surface area contributed by atoms with Crippen LogP contribution in [0.5, 0.6) is 17.2 Å². The Morgan fingerprint density at radius 3 is 1.50 bits per heavy atom. The summed E-state index contributed by atoms with van der Waals surface area (Å²) in [5.41, 5.74) is 2.90. The molecule has 0 saturated heterocycles. The molecule has 0 radical (unpaired) electrons. The Hall–Kier alpha value is -2.90. The molecule has 2 rings (SSSR count). The quantitative estimate of drug-likeness (QED) is 0.215. The molecule has 0 atom stereocenters. The van der Waals surface area contributed by atoms with E-state index in [1.54, 1.807) is 0 Å². The van der Waals surface area contributed by atoms with Gasteiger partial charge in [0, 0.05) is 0 Å². The molecule has 1 aromatic rings. The zero-order valence-corrected chi connectivity index (χ0v) is 8.63. The van der Waals surface area contributed by atoms with Crippen molar-refractivity contribution in [1.82, 2.24) is 0 Å². The topological polar surface area (TPSA) is 161 Å². The van der Waals surface area contributed by atoms with E-state index in [1.807, 2.05) is 0 Å². The van der Waals surface area contributed by atoms with E-state index in [2.05, 4.69) is 0 Å². The van der Waals surface area contributed by atoms with Crippen LogP contribution in [0.3, 0.4) is 0 Å². The predicted octanol–water partition coefficient (Wildman–Crippen LogP) is 0.0922. The van der Waals surface area contributed by atoms with Crippen LogP contribution in [-0.2, 0) is 0 Å². The van der Waals surface area contributed by atoms with Gasteiger partial charge in [-0.15, -0.1) is 0 Å². The molecule has 18 heavy (non-hydrogen) atoms. The molecule has 8 heteroatoms. The summed E-state index contributed by atoms with van der Waals surface area (Å²) in [4.78, 5) is 23.1. The molecule has 0 spiro atoms. The summed E-state index contributed by atoms with van der Waals surface area (Å²) in [6.07, 6.45) is 0. The normalized spacial score (nSPS) is 14.9. The summed E-state index contributed by atoms with van der Waals surface area (Å²) in [5.74, 6) is -8.18. The highest BCUT2D eigenvalue weighted by Crippen LogP contribution is 2.47. The Balaban J connectivity index is 2.96. The van der Waals surface area contributed by atoms with E-state index in [0.29, 0.717) is 0 Å². The van der Waals surface area contributed by atoms with Gasteiger partial charge < -0.3 is 31.3 Å². The number of phenols is 3. The SMILES string of the molecule is Nc1c(O)c(O)c2c(c1O)C(=O)C(O)=C(O)C2=O. The van der Waals surface area contributed by atoms with E-state index in [9.17, 15) is 35.1 Å². The molecule has 0 heterocycles. The van der Waals surface area contributed by atoms with Gasteiger partial charge in [-0.2, -0.15) is 0 Å². The minimum Gasteiger partial charge on any atom is -0.505 e. The van der Waals surface area contributed by atoms with E-state index >= 15 is 0 Å². The molecule has 94 valence electrons. The Labute approximate surface area is 98.8 Å². The van der Waals surface area contributed by atoms with E-state index in [0.717, 1.165) is 0 Å². The number of allylic oxidation sites excluding steroid dienone is 2. The first-order chi connectivity index (χ1) is 8.29. The maximum absolute atomic E-state index is 11.6. The number of ketones is 2. The number of carbonyl (C=O) groups is 2. The van der Waals surface area contributed by atoms with Gasteiger partial charge in [-0.05, 0) is 0 Å². The highest BCUT2D eigenvalue weighted by atomic mass is 16.3. The van der Waals surface area contributed by atoms with Crippen molar-refractivity contribution >= 4 is 17.3 Å². The van der Waals surface area contributed by atoms with Gasteiger partial charge in [0.05, 0.1) is 11.1 Å². The molecule has 1 aromatic carbocycles. The number of aliphatic hydroxyl groups is 2. The van der Waals surface area contributed by atoms with Crippen molar-refractivity contribution in [1.29, 1.82) is 0 Å². The molecular weight excluding hydrogens is 246 g/mol. The van der Waals surface area contributed by atoms with Crippen molar-refractivity contribution in [3.63, 3.8) is 0 Å². The summed E-state index contributed by atoms with van der Waals surface area (Å²) in [7, 11) is 0. The van der Waals surface area contributed by atoms with Gasteiger partial charge in [-0.25, -0.2) is 0 Å². The molecule has 0 bridgehead atoms. The van der Waals surface area contributed by atoms with Crippen LogP contribution in [0.1, 0.15) is 20.7 Å². The van der Waals surface area contributed by atoms with Crippen molar-refractivity contribution in [3.8, 4) is 17.2 Å². The van der Waals surface area contributed by atoms with Gasteiger partial charge in [-0.1, -0.05) is 0 Å². The average Bonchev–Trinajstić information content (AvgIpc) is 2.35. The summed E-state index contributed by atoms with van der Waals surface area (Å²) in [6.45, 7) is 0. The van der Waals surface area contributed by atoms with Gasteiger partial charge in [0.15, 0.2) is 17.2 Å². The lowest BCUT2D eigenvalue weighted by Gasteiger charge is -2.18. The molecule has 8 nitrogen and oxygen atoms in total. The predicted molar refractivity (Wildman–Crippen MR) is 56.8 cm³/mol. The number of aliphatic hydroxyl groups excluding tert-OH is 2. The minimum atomic E-state index is -1.31. The van der Waals surface area contributed by atoms with Crippen LogP contribution >= 0.6 is 0 Å². The van der Waals surface area contributed by atoms with Crippen molar-refractivity contribution in [2.75, 3.05) is 5.73 Å². The number of hydrogen-bond acceptors (Lipinski definition) is 8. The first-order valence-corrected chi connectivity index (χ1v) is 4.56. The number of phenolic OH excluding ortho intramolecular Hbond substituents is 3. The van der Waals surface area contributed by atoms with E-state index < -0.39 is 57.1 Å². The summed E-state index contributed by atoms with van der Waals surface area (Å²) < 4.78 is 0. The standard InChI is InChI=1S/C10H7NO7/c11-3-4(12)1-2(5(13)8(3)16)7(15)10(18)9(17)6(1)14/h12-13,16-18H,11H2. The fraction of sp³-hybridized carbons (Fsp3) is 0. The number of aromatic hydroxyl groups is 3. The smallest absolute Gasteiger partial charge is 0.236 e. The molecule has 1 aliphatic rings. The molecule has 0 aliphatic heterocycles. The molecule has 7 N–H and O–H groups in total. The summed E-state index contributed by atoms with van der Waals surface area (Å²) in [6, 6.07) is 0. The zero-order chi connectivity index (χ0) is 13.8. The zero-order valence-electron chi connectivity index (χ0n) is 8.63. The number of hydrogen-bond donors (Lipinski definition) is 6. The van der Waals surface area contributed by atoms with Gasteiger partial charge in [0.25, 0.3) is 0 Å². The number of benzene rings is 1. The van der Waals surface area contributed by atoms with E-state index in [4.69, 9.17) is 5.73 Å². The second-order valence-corrected chi connectivity index (χ2v) is 3.56. The maximum Gasteiger partial charge on any atom is 0.236 e. The third kappa shape index (κ3) is 1.14. The number of nitrogen functional groups attached to an aromatic ring is 1. The summed E-state index contributed by atoms with van der Waals surface area (Å²) >= 11 is 0. The van der Waals surface area contributed by atoms with Gasteiger partial charge in [0.2, 0.25) is 23.1 Å². The molecule has 0 fully saturated rings. The van der Waals surface area contributed by atoms with Crippen molar-refractivity contribution in [3.05, 3.63) is 22.6 Å². The minimum absolute atomic E-state index is 0.721. The monoisotopic (exact) mass is 253 g/mol. The molecule has 0 unspecified atom stereocenters. The lowest BCUT2D eigenvalue weighted by atomic mass is 9.89. The first kappa shape index (κ1) is 11.6. The average molecular weight is 253 g/mol. The van der Waals surface area contributed by atoms with Gasteiger partial charge >= 0.3 is 0 Å². The fourth-order valence-corrected chi connectivity index (χ4v) is 1.62. The lowest BCUT2D eigenvalue weighted by Crippen LogP contribution is -2.22. The second-order valence-electron chi connectivity index (χ2n) is 3.56. The van der Waals surface area contributed by atoms with Crippen LogP contribution in [0.4, 0.5) is 5.69 Å². The fourth-order valence-electron chi connectivity index (χ4n) is 1.62. The molecule has 0 saturated carbocycles. The van der Waals surface area contributed by atoms with Crippen LogP contribution in [0.25, 0.3) is 0 Å². The number of anilines is 1. The Kier molecular flexibility index (Phi) is 2.12. The van der Waals surface area contributed by atoms with Crippen LogP contribution in [0.15, 0.2) is 11.5 Å². The number of Topliss-reactive ketones (excluding diaryl/α,β-unsaturated/α-hetero) is 2. The maximum atomic E-state index is 11.6. The second kappa shape index (κ2) is 3.29. The van der Waals surface area contributed by atoms with Crippen LogP contribution in [0, 0.1) is 0 Å². The molecule has 0 aromatic heterocycles. The van der Waals surface area contributed by atoms with E-state index in [-0.39, 0.29) is 0 Å².